The third-order valence-corrected chi connectivity index (χ3v) is 4.48. The fourth-order valence-electron chi connectivity index (χ4n) is 3.18. The molecule has 3 saturated carbocycles. The number of fused-ring (bicyclic) bond motifs is 3. The summed E-state index contributed by atoms with van der Waals surface area (Å²) in [6, 6.07) is 0. The molecule has 1 aromatic rings. The van der Waals surface area contributed by atoms with E-state index in [1.54, 1.807) is 0 Å². The molecule has 5 nitrogen and oxygen atoms in total. The second-order valence-electron chi connectivity index (χ2n) is 5.52. The Morgan fingerprint density at radius 2 is 2.10 bits per heavy atom. The zero-order chi connectivity index (χ0) is 15.4. The number of nitrogens with two attached hydrogens (primary N) is 1. The summed E-state index contributed by atoms with van der Waals surface area (Å²) in [5.74, 6) is 0.850. The molecule has 0 aliphatic heterocycles. The SMILES string of the molecule is COC(=O)C1CC2CCC1CC2.Nc1nc(Cl)ncc1F. The summed E-state index contributed by atoms with van der Waals surface area (Å²) < 4.78 is 17.0. The molecule has 2 N–H and O–H groups in total. The number of rotatable bonds is 1. The highest BCUT2D eigenvalue weighted by Gasteiger charge is 2.39. The molecular weight excluding hydrogens is 297 g/mol. The van der Waals surface area contributed by atoms with Gasteiger partial charge in [0.15, 0.2) is 11.6 Å². The van der Waals surface area contributed by atoms with Gasteiger partial charge in [-0.05, 0) is 42.7 Å². The molecule has 116 valence electrons. The summed E-state index contributed by atoms with van der Waals surface area (Å²) in [6.07, 6.45) is 7.22. The van der Waals surface area contributed by atoms with Crippen LogP contribution in [0, 0.1) is 23.6 Å². The van der Waals surface area contributed by atoms with Crippen molar-refractivity contribution in [2.24, 2.45) is 17.8 Å². The van der Waals surface area contributed by atoms with E-state index in [1.165, 1.54) is 32.8 Å². The molecule has 3 aliphatic rings. The van der Waals surface area contributed by atoms with Crippen molar-refractivity contribution in [1.82, 2.24) is 9.97 Å². The van der Waals surface area contributed by atoms with Crippen molar-refractivity contribution in [3.8, 4) is 0 Å². The molecule has 0 spiro atoms. The van der Waals surface area contributed by atoms with E-state index < -0.39 is 5.82 Å². The van der Waals surface area contributed by atoms with Crippen LogP contribution in [0.4, 0.5) is 10.2 Å². The van der Waals surface area contributed by atoms with Crippen LogP contribution in [0.3, 0.4) is 0 Å². The van der Waals surface area contributed by atoms with E-state index in [0.29, 0.717) is 5.92 Å². The molecular formula is C14H19ClFN3O2. The number of anilines is 1. The number of aromatic nitrogens is 2. The molecule has 0 saturated heterocycles. The van der Waals surface area contributed by atoms with Gasteiger partial charge in [0.05, 0.1) is 19.2 Å². The molecule has 7 heteroatoms. The van der Waals surface area contributed by atoms with Crippen LogP contribution in [0.5, 0.6) is 0 Å². The lowest BCUT2D eigenvalue weighted by Gasteiger charge is -2.40. The highest BCUT2D eigenvalue weighted by atomic mass is 35.5. The molecule has 1 heterocycles. The first-order chi connectivity index (χ1) is 10.0. The fraction of sp³-hybridized carbons (Fsp3) is 0.643. The van der Waals surface area contributed by atoms with E-state index in [4.69, 9.17) is 22.1 Å². The lowest BCUT2D eigenvalue weighted by molar-refractivity contribution is -0.151. The first-order valence-electron chi connectivity index (χ1n) is 7.02. The number of halogens is 2. The van der Waals surface area contributed by atoms with Crippen LogP contribution in [0.25, 0.3) is 0 Å². The first kappa shape index (κ1) is 15.9. The van der Waals surface area contributed by atoms with Gasteiger partial charge in [0.1, 0.15) is 0 Å². The van der Waals surface area contributed by atoms with E-state index in [9.17, 15) is 9.18 Å². The summed E-state index contributed by atoms with van der Waals surface area (Å²) in [4.78, 5) is 18.0. The number of ether oxygens (including phenoxy) is 1. The number of carbonyl (C=O) groups excluding carboxylic acids is 1. The van der Waals surface area contributed by atoms with E-state index in [0.717, 1.165) is 18.5 Å². The van der Waals surface area contributed by atoms with Crippen LogP contribution in [-0.4, -0.2) is 23.0 Å². The highest BCUT2D eigenvalue weighted by molar-refractivity contribution is 6.28. The minimum atomic E-state index is -0.653. The van der Waals surface area contributed by atoms with Gasteiger partial charge in [-0.1, -0.05) is 12.8 Å². The summed E-state index contributed by atoms with van der Waals surface area (Å²) >= 11 is 5.25. The quantitative estimate of drug-likeness (QED) is 0.637. The maximum Gasteiger partial charge on any atom is 0.308 e. The van der Waals surface area contributed by atoms with Gasteiger partial charge < -0.3 is 10.5 Å². The first-order valence-corrected chi connectivity index (χ1v) is 7.40. The highest BCUT2D eigenvalue weighted by Crippen LogP contribution is 2.45. The second kappa shape index (κ2) is 7.02. The van der Waals surface area contributed by atoms with Gasteiger partial charge in [-0.15, -0.1) is 0 Å². The third-order valence-electron chi connectivity index (χ3n) is 4.29. The maximum atomic E-state index is 12.2. The topological polar surface area (TPSA) is 78.1 Å². The van der Waals surface area contributed by atoms with E-state index in [-0.39, 0.29) is 23.0 Å². The summed E-state index contributed by atoms with van der Waals surface area (Å²) in [6.45, 7) is 0. The van der Waals surface area contributed by atoms with Gasteiger partial charge in [0, 0.05) is 0 Å². The van der Waals surface area contributed by atoms with Crippen LogP contribution in [0.2, 0.25) is 5.28 Å². The average Bonchev–Trinajstić information content (AvgIpc) is 2.52. The van der Waals surface area contributed by atoms with Crippen molar-refractivity contribution < 1.29 is 13.9 Å². The predicted octanol–water partition coefficient (Wildman–Crippen LogP) is 2.84. The molecule has 21 heavy (non-hydrogen) atoms. The molecule has 4 rings (SSSR count). The zero-order valence-corrected chi connectivity index (χ0v) is 12.6. The van der Waals surface area contributed by atoms with Crippen molar-refractivity contribution in [1.29, 1.82) is 0 Å². The predicted molar refractivity (Wildman–Crippen MR) is 77.0 cm³/mol. The van der Waals surface area contributed by atoms with Crippen molar-refractivity contribution in [2.75, 3.05) is 12.8 Å². The fourth-order valence-corrected chi connectivity index (χ4v) is 3.32. The Hall–Kier alpha value is -1.43. The molecule has 0 aromatic carbocycles. The Morgan fingerprint density at radius 1 is 1.43 bits per heavy atom. The van der Waals surface area contributed by atoms with E-state index in [1.807, 2.05) is 0 Å². The van der Waals surface area contributed by atoms with Crippen molar-refractivity contribution in [3.63, 3.8) is 0 Å². The standard InChI is InChI=1S/C10H16O2.C4H3ClFN3/c1-12-10(11)9-6-7-2-4-8(9)5-3-7;5-4-8-1-2(6)3(7)9-4/h7-9H,2-6H2,1H3;1H,(H2,7,8,9). The summed E-state index contributed by atoms with van der Waals surface area (Å²) in [7, 11) is 1.50. The molecule has 3 fully saturated rings. The molecule has 1 atom stereocenters. The number of hydrogen-bond donors (Lipinski definition) is 1. The average molecular weight is 316 g/mol. The van der Waals surface area contributed by atoms with Crippen LogP contribution < -0.4 is 5.73 Å². The van der Waals surface area contributed by atoms with Crippen LogP contribution in [-0.2, 0) is 9.53 Å². The Kier molecular flexibility index (Phi) is 5.33. The summed E-state index contributed by atoms with van der Waals surface area (Å²) in [5.41, 5.74) is 5.01. The van der Waals surface area contributed by atoms with Gasteiger partial charge >= 0.3 is 5.97 Å². The number of nitrogens with zero attached hydrogens (tertiary/aromatic N) is 2. The Labute approximate surface area is 128 Å². The number of esters is 1. The molecule has 1 unspecified atom stereocenters. The molecule has 0 amide bonds. The number of methoxy groups -OCH3 is 1. The minimum absolute atomic E-state index is 0.0319. The molecule has 0 radical (unpaired) electrons. The molecule has 2 bridgehead atoms. The smallest absolute Gasteiger partial charge is 0.308 e. The van der Waals surface area contributed by atoms with Crippen LogP contribution >= 0.6 is 11.6 Å². The lowest BCUT2D eigenvalue weighted by atomic mass is 9.65. The van der Waals surface area contributed by atoms with Crippen molar-refractivity contribution in [3.05, 3.63) is 17.3 Å². The zero-order valence-electron chi connectivity index (χ0n) is 11.9. The maximum absolute atomic E-state index is 12.2. The Balaban J connectivity index is 0.000000161. The van der Waals surface area contributed by atoms with Crippen molar-refractivity contribution in [2.45, 2.75) is 32.1 Å². The largest absolute Gasteiger partial charge is 0.469 e. The normalized spacial score (nSPS) is 26.7. The minimum Gasteiger partial charge on any atom is -0.469 e. The van der Waals surface area contributed by atoms with Gasteiger partial charge in [-0.25, -0.2) is 9.37 Å². The van der Waals surface area contributed by atoms with Crippen molar-refractivity contribution >= 4 is 23.4 Å². The second-order valence-corrected chi connectivity index (χ2v) is 5.86. The van der Waals surface area contributed by atoms with Gasteiger partial charge in [0.2, 0.25) is 5.28 Å². The monoisotopic (exact) mass is 315 g/mol. The molecule has 1 aromatic heterocycles. The van der Waals surface area contributed by atoms with Gasteiger partial charge in [-0.2, -0.15) is 4.98 Å². The van der Waals surface area contributed by atoms with Gasteiger partial charge in [-0.3, -0.25) is 4.79 Å². The van der Waals surface area contributed by atoms with Crippen LogP contribution in [0.15, 0.2) is 6.20 Å². The Bertz CT molecular complexity index is 507. The lowest BCUT2D eigenvalue weighted by Crippen LogP contribution is -2.36. The molecule has 3 aliphatic carbocycles. The summed E-state index contributed by atoms with van der Waals surface area (Å²) in [5, 5.41) is -0.0473. The number of carbonyl (C=O) groups is 1. The number of nitrogen functional groups attached to an aromatic ring is 1. The Morgan fingerprint density at radius 3 is 2.52 bits per heavy atom. The number of hydrogen-bond acceptors (Lipinski definition) is 5. The van der Waals surface area contributed by atoms with Crippen LogP contribution in [0.1, 0.15) is 32.1 Å². The third kappa shape index (κ3) is 4.03. The van der Waals surface area contributed by atoms with E-state index in [2.05, 4.69) is 9.97 Å². The van der Waals surface area contributed by atoms with Gasteiger partial charge in [0.25, 0.3) is 0 Å². The van der Waals surface area contributed by atoms with E-state index >= 15 is 0 Å².